The summed E-state index contributed by atoms with van der Waals surface area (Å²) in [6.45, 7) is 5.05. The summed E-state index contributed by atoms with van der Waals surface area (Å²) in [5, 5.41) is 6.40. The number of amides is 1. The van der Waals surface area contributed by atoms with Crippen LogP contribution in [0.25, 0.3) is 0 Å². The minimum absolute atomic E-state index is 0.0161. The van der Waals surface area contributed by atoms with Crippen molar-refractivity contribution in [1.82, 2.24) is 10.3 Å². The number of nitrogens with zero attached hydrogens (tertiary/aromatic N) is 1. The minimum Gasteiger partial charge on any atom is -0.497 e. The van der Waals surface area contributed by atoms with Crippen molar-refractivity contribution < 1.29 is 9.53 Å². The van der Waals surface area contributed by atoms with Crippen LogP contribution in [0, 0.1) is 5.92 Å². The van der Waals surface area contributed by atoms with Crippen LogP contribution in [0.3, 0.4) is 0 Å². The summed E-state index contributed by atoms with van der Waals surface area (Å²) in [5.41, 5.74) is 2.61. The van der Waals surface area contributed by atoms with Crippen LogP contribution in [0.5, 0.6) is 5.75 Å². The number of aromatic nitrogens is 1. The van der Waals surface area contributed by atoms with Gasteiger partial charge in [0.25, 0.3) is 5.91 Å². The lowest BCUT2D eigenvalue weighted by Crippen LogP contribution is -2.32. The zero-order chi connectivity index (χ0) is 19.2. The zero-order valence-corrected chi connectivity index (χ0v) is 16.4. The SMILES string of the molecule is CCC(C)c1cc(Nc2cccc(OC)c2)ncc1C(=O)NCC1CCC1. The van der Waals surface area contributed by atoms with Crippen LogP contribution in [-0.2, 0) is 0 Å². The smallest absolute Gasteiger partial charge is 0.253 e. The third-order valence-corrected chi connectivity index (χ3v) is 5.44. The number of methoxy groups -OCH3 is 1. The van der Waals surface area contributed by atoms with Crippen molar-refractivity contribution in [3.63, 3.8) is 0 Å². The van der Waals surface area contributed by atoms with E-state index >= 15 is 0 Å². The Morgan fingerprint density at radius 3 is 2.81 bits per heavy atom. The lowest BCUT2D eigenvalue weighted by atomic mass is 9.85. The molecule has 1 heterocycles. The Balaban J connectivity index is 1.78. The molecule has 0 radical (unpaired) electrons. The van der Waals surface area contributed by atoms with E-state index in [-0.39, 0.29) is 11.8 Å². The molecule has 0 aliphatic heterocycles. The van der Waals surface area contributed by atoms with Crippen molar-refractivity contribution in [2.24, 2.45) is 5.92 Å². The van der Waals surface area contributed by atoms with E-state index in [1.165, 1.54) is 19.3 Å². The number of hydrogen-bond acceptors (Lipinski definition) is 4. The molecule has 2 aromatic rings. The number of carbonyl (C=O) groups is 1. The Hall–Kier alpha value is -2.56. The first-order chi connectivity index (χ1) is 13.1. The molecule has 3 rings (SSSR count). The Morgan fingerprint density at radius 2 is 2.15 bits per heavy atom. The van der Waals surface area contributed by atoms with Gasteiger partial charge in [-0.2, -0.15) is 0 Å². The first-order valence-corrected chi connectivity index (χ1v) is 9.80. The summed E-state index contributed by atoms with van der Waals surface area (Å²) in [4.78, 5) is 17.2. The highest BCUT2D eigenvalue weighted by molar-refractivity contribution is 5.96. The van der Waals surface area contributed by atoms with Crippen LogP contribution in [0.1, 0.15) is 61.4 Å². The number of benzene rings is 1. The van der Waals surface area contributed by atoms with Gasteiger partial charge in [0, 0.05) is 24.5 Å². The standard InChI is InChI=1S/C22H29N3O2/c1-4-15(2)19-12-21(25-17-9-6-10-18(11-17)27-3)23-14-20(19)22(26)24-13-16-7-5-8-16/h6,9-12,14-16H,4-5,7-8,13H2,1-3H3,(H,23,25)(H,24,26). The monoisotopic (exact) mass is 367 g/mol. The van der Waals surface area contributed by atoms with Gasteiger partial charge in [0.2, 0.25) is 0 Å². The number of ether oxygens (including phenoxy) is 1. The van der Waals surface area contributed by atoms with Crippen molar-refractivity contribution >= 4 is 17.4 Å². The molecule has 0 spiro atoms. The van der Waals surface area contributed by atoms with Gasteiger partial charge < -0.3 is 15.4 Å². The molecule has 1 unspecified atom stereocenters. The molecule has 5 nitrogen and oxygen atoms in total. The predicted octanol–water partition coefficient (Wildman–Crippen LogP) is 4.88. The molecule has 0 bridgehead atoms. The molecule has 1 aliphatic carbocycles. The van der Waals surface area contributed by atoms with Gasteiger partial charge in [0.15, 0.2) is 0 Å². The van der Waals surface area contributed by atoms with Gasteiger partial charge in [-0.25, -0.2) is 4.98 Å². The highest BCUT2D eigenvalue weighted by Gasteiger charge is 2.21. The van der Waals surface area contributed by atoms with E-state index in [0.717, 1.165) is 35.8 Å². The van der Waals surface area contributed by atoms with Gasteiger partial charge >= 0.3 is 0 Å². The second-order valence-electron chi connectivity index (χ2n) is 7.33. The van der Waals surface area contributed by atoms with Gasteiger partial charge in [0.1, 0.15) is 11.6 Å². The second-order valence-corrected chi connectivity index (χ2v) is 7.33. The second kappa shape index (κ2) is 8.89. The number of carbonyl (C=O) groups excluding carboxylic acids is 1. The number of hydrogen-bond donors (Lipinski definition) is 2. The molecule has 1 aromatic heterocycles. The van der Waals surface area contributed by atoms with Crippen molar-refractivity contribution in [1.29, 1.82) is 0 Å². The summed E-state index contributed by atoms with van der Waals surface area (Å²) in [7, 11) is 1.65. The highest BCUT2D eigenvalue weighted by atomic mass is 16.5. The molecule has 1 fully saturated rings. The Bertz CT molecular complexity index is 787. The molecule has 5 heteroatoms. The quantitative estimate of drug-likeness (QED) is 0.698. The summed E-state index contributed by atoms with van der Waals surface area (Å²) in [5.74, 6) is 2.42. The maximum Gasteiger partial charge on any atom is 0.253 e. The van der Waals surface area contributed by atoms with Crippen LogP contribution >= 0.6 is 0 Å². The van der Waals surface area contributed by atoms with E-state index in [0.29, 0.717) is 11.5 Å². The van der Waals surface area contributed by atoms with E-state index in [9.17, 15) is 4.79 Å². The molecule has 1 aliphatic rings. The van der Waals surface area contributed by atoms with Crippen LogP contribution in [0.2, 0.25) is 0 Å². The highest BCUT2D eigenvalue weighted by Crippen LogP contribution is 2.28. The van der Waals surface area contributed by atoms with Gasteiger partial charge in [-0.1, -0.05) is 26.3 Å². The van der Waals surface area contributed by atoms with Crippen LogP contribution in [-0.4, -0.2) is 24.5 Å². The van der Waals surface area contributed by atoms with Crippen molar-refractivity contribution in [2.75, 3.05) is 19.0 Å². The largest absolute Gasteiger partial charge is 0.497 e. The predicted molar refractivity (Wildman–Crippen MR) is 109 cm³/mol. The fraction of sp³-hybridized carbons (Fsp3) is 0.455. The molecule has 1 aromatic carbocycles. The summed E-state index contributed by atoms with van der Waals surface area (Å²) in [6.07, 6.45) is 6.39. The molecule has 27 heavy (non-hydrogen) atoms. The van der Waals surface area contributed by atoms with Crippen LogP contribution in [0.4, 0.5) is 11.5 Å². The van der Waals surface area contributed by atoms with E-state index in [1.807, 2.05) is 30.3 Å². The Labute approximate surface area is 161 Å². The van der Waals surface area contributed by atoms with E-state index in [4.69, 9.17) is 4.74 Å². The first kappa shape index (κ1) is 19.2. The van der Waals surface area contributed by atoms with E-state index < -0.39 is 0 Å². The number of rotatable bonds is 8. The molecule has 1 atom stereocenters. The van der Waals surface area contributed by atoms with Gasteiger partial charge in [-0.15, -0.1) is 0 Å². The third kappa shape index (κ3) is 4.79. The average molecular weight is 367 g/mol. The molecular weight excluding hydrogens is 338 g/mol. The average Bonchev–Trinajstić information content (AvgIpc) is 2.66. The Kier molecular flexibility index (Phi) is 6.32. The maximum absolute atomic E-state index is 12.7. The zero-order valence-electron chi connectivity index (χ0n) is 16.4. The van der Waals surface area contributed by atoms with Gasteiger partial charge in [-0.3, -0.25) is 4.79 Å². The number of anilines is 2. The molecule has 2 N–H and O–H groups in total. The normalized spacial score (nSPS) is 14.9. The summed E-state index contributed by atoms with van der Waals surface area (Å²) < 4.78 is 5.27. The minimum atomic E-state index is -0.0161. The Morgan fingerprint density at radius 1 is 1.33 bits per heavy atom. The molecular formula is C22H29N3O2. The van der Waals surface area contributed by atoms with E-state index in [1.54, 1.807) is 13.3 Å². The number of nitrogens with one attached hydrogen (secondary N) is 2. The lowest BCUT2D eigenvalue weighted by Gasteiger charge is -2.25. The topological polar surface area (TPSA) is 63.2 Å². The fourth-order valence-electron chi connectivity index (χ4n) is 3.23. The first-order valence-electron chi connectivity index (χ1n) is 9.80. The maximum atomic E-state index is 12.7. The molecule has 1 amide bonds. The van der Waals surface area contributed by atoms with Gasteiger partial charge in [-0.05, 0) is 54.9 Å². The van der Waals surface area contributed by atoms with Gasteiger partial charge in [0.05, 0.1) is 12.7 Å². The van der Waals surface area contributed by atoms with Crippen LogP contribution < -0.4 is 15.4 Å². The summed E-state index contributed by atoms with van der Waals surface area (Å²) >= 11 is 0. The number of pyridine rings is 1. The third-order valence-electron chi connectivity index (χ3n) is 5.44. The van der Waals surface area contributed by atoms with Crippen molar-refractivity contribution in [3.05, 3.63) is 47.7 Å². The molecule has 0 saturated heterocycles. The van der Waals surface area contributed by atoms with Crippen molar-refractivity contribution in [3.8, 4) is 5.75 Å². The van der Waals surface area contributed by atoms with Crippen molar-refractivity contribution in [2.45, 2.75) is 45.4 Å². The molecule has 144 valence electrons. The summed E-state index contributed by atoms with van der Waals surface area (Å²) in [6, 6.07) is 9.71. The molecule has 1 saturated carbocycles. The fourth-order valence-corrected chi connectivity index (χ4v) is 3.23. The van der Waals surface area contributed by atoms with E-state index in [2.05, 4.69) is 29.5 Å². The van der Waals surface area contributed by atoms with Crippen LogP contribution in [0.15, 0.2) is 36.5 Å². The lowest BCUT2D eigenvalue weighted by molar-refractivity contribution is 0.0937.